The van der Waals surface area contributed by atoms with Gasteiger partial charge in [-0.2, -0.15) is 0 Å². The van der Waals surface area contributed by atoms with E-state index in [0.29, 0.717) is 26.4 Å². The molecule has 0 saturated heterocycles. The lowest BCUT2D eigenvalue weighted by atomic mass is 10.3. The molecule has 0 radical (unpaired) electrons. The van der Waals surface area contributed by atoms with Crippen LogP contribution in [-0.2, 0) is 0 Å². The second kappa shape index (κ2) is 8.61. The summed E-state index contributed by atoms with van der Waals surface area (Å²) >= 11 is 15.0. The fraction of sp³-hybridized carbons (Fsp3) is 0.182. The van der Waals surface area contributed by atoms with Gasteiger partial charge in [0, 0.05) is 19.6 Å². The zero-order chi connectivity index (χ0) is 22.2. The average molecular weight is 597 g/mol. The molecule has 172 valence electrons. The predicted molar refractivity (Wildman–Crippen MR) is 150 cm³/mol. The summed E-state index contributed by atoms with van der Waals surface area (Å²) in [7, 11) is 0. The van der Waals surface area contributed by atoms with Crippen LogP contribution in [-0.4, -0.2) is 26.4 Å². The first kappa shape index (κ1) is 21.7. The molecule has 0 unspecified atom stereocenters. The fourth-order valence-corrected chi connectivity index (χ4v) is 15.8. The Hall–Kier alpha value is -0.340. The van der Waals surface area contributed by atoms with Gasteiger partial charge in [0.2, 0.25) is 0 Å². The van der Waals surface area contributed by atoms with Crippen molar-refractivity contribution in [2.45, 2.75) is 19.6 Å². The Morgan fingerprint density at radius 1 is 0.353 bits per heavy atom. The van der Waals surface area contributed by atoms with Crippen molar-refractivity contribution >= 4 is 94.1 Å². The van der Waals surface area contributed by atoms with Crippen molar-refractivity contribution in [2.75, 3.05) is 26.4 Å². The van der Waals surface area contributed by atoms with E-state index in [2.05, 4.69) is 24.3 Å². The minimum absolute atomic E-state index is 0.618. The molecule has 2 aromatic carbocycles. The van der Waals surface area contributed by atoms with Gasteiger partial charge in [-0.3, -0.25) is 0 Å². The smallest absolute Gasteiger partial charge is 0.162 e. The van der Waals surface area contributed by atoms with Crippen LogP contribution in [0.5, 0.6) is 23.0 Å². The van der Waals surface area contributed by atoms with Gasteiger partial charge < -0.3 is 18.9 Å². The van der Waals surface area contributed by atoms with Gasteiger partial charge in [-0.25, -0.2) is 0 Å². The van der Waals surface area contributed by atoms with E-state index in [1.165, 1.54) is 45.0 Å². The number of hydrogen-bond donors (Lipinski definition) is 0. The van der Waals surface area contributed by atoms with Crippen molar-refractivity contribution in [1.29, 1.82) is 0 Å². The third-order valence-electron chi connectivity index (χ3n) is 5.27. The number of hydrogen-bond acceptors (Lipinski definition) is 12. The number of fused-ring (bicyclic) bond motifs is 4. The maximum absolute atomic E-state index is 5.80. The third kappa shape index (κ3) is 3.70. The molecule has 0 atom stereocenters. The molecule has 0 fully saturated rings. The summed E-state index contributed by atoms with van der Waals surface area (Å²) in [4.78, 5) is 5.02. The van der Waals surface area contributed by atoms with Crippen molar-refractivity contribution in [2.24, 2.45) is 0 Å². The van der Waals surface area contributed by atoms with Crippen LogP contribution >= 0.6 is 94.1 Å². The van der Waals surface area contributed by atoms with Crippen LogP contribution in [0, 0.1) is 0 Å². The van der Waals surface area contributed by atoms with E-state index in [9.17, 15) is 0 Å². The van der Waals surface area contributed by atoms with Gasteiger partial charge in [0.15, 0.2) is 23.0 Å². The summed E-state index contributed by atoms with van der Waals surface area (Å²) in [6.07, 6.45) is 0. The summed E-state index contributed by atoms with van der Waals surface area (Å²) in [5, 5.41) is 0. The van der Waals surface area contributed by atoms with Crippen LogP contribution in [0.1, 0.15) is 0 Å². The first-order valence-electron chi connectivity index (χ1n) is 10.3. The fourth-order valence-electron chi connectivity index (χ4n) is 3.78. The first-order chi connectivity index (χ1) is 16.8. The Bertz CT molecular complexity index is 1180. The number of benzene rings is 2. The summed E-state index contributed by atoms with van der Waals surface area (Å²) < 4.78 is 31.5. The molecular formula is C22H12O4S8. The van der Waals surface area contributed by atoms with Crippen molar-refractivity contribution in [1.82, 2.24) is 0 Å². The van der Waals surface area contributed by atoms with E-state index in [1.54, 1.807) is 0 Å². The van der Waals surface area contributed by atoms with Crippen LogP contribution in [0.25, 0.3) is 0 Å². The molecule has 12 heteroatoms. The lowest BCUT2D eigenvalue weighted by Crippen LogP contribution is -2.15. The minimum Gasteiger partial charge on any atom is -0.486 e. The molecule has 0 amide bonds. The Morgan fingerprint density at radius 2 is 0.588 bits per heavy atom. The van der Waals surface area contributed by atoms with Gasteiger partial charge in [-0.05, 0) is 24.3 Å². The molecule has 6 heterocycles. The van der Waals surface area contributed by atoms with E-state index in [0.717, 1.165) is 23.0 Å². The molecule has 0 spiro atoms. The van der Waals surface area contributed by atoms with Gasteiger partial charge in [-0.15, -0.1) is 0 Å². The highest BCUT2D eigenvalue weighted by Gasteiger charge is 2.36. The molecule has 2 aromatic rings. The Labute approximate surface area is 229 Å². The van der Waals surface area contributed by atoms with Crippen molar-refractivity contribution in [3.8, 4) is 23.0 Å². The maximum atomic E-state index is 5.80. The SMILES string of the molecule is c1c2c(cc3c1SC1=C(SC(=C4SC5=C(S4)Sc4cc6c(cc4S5)OCCO6)S1)S3)OCCO2. The Kier molecular flexibility index (Phi) is 5.50. The zero-order valence-electron chi connectivity index (χ0n) is 17.0. The molecule has 0 N–H and O–H groups in total. The van der Waals surface area contributed by atoms with Crippen LogP contribution in [0.2, 0.25) is 0 Å². The molecule has 0 aromatic heterocycles. The normalized spacial score (nSPS) is 21.9. The van der Waals surface area contributed by atoms with Crippen LogP contribution < -0.4 is 18.9 Å². The lowest BCUT2D eigenvalue weighted by Gasteiger charge is -2.22. The van der Waals surface area contributed by atoms with Gasteiger partial charge in [0.1, 0.15) is 26.4 Å². The van der Waals surface area contributed by atoms with E-state index in [-0.39, 0.29) is 0 Å². The lowest BCUT2D eigenvalue weighted by molar-refractivity contribution is 0.170. The molecule has 6 aliphatic heterocycles. The Balaban J connectivity index is 1.03. The van der Waals surface area contributed by atoms with Gasteiger partial charge in [0.05, 0.1) is 25.4 Å². The van der Waals surface area contributed by atoms with E-state index < -0.39 is 0 Å². The quantitative estimate of drug-likeness (QED) is 0.292. The molecule has 0 bridgehead atoms. The minimum atomic E-state index is 0.618. The molecule has 4 nitrogen and oxygen atoms in total. The van der Waals surface area contributed by atoms with Crippen molar-refractivity contribution < 1.29 is 18.9 Å². The molecule has 34 heavy (non-hydrogen) atoms. The summed E-state index contributed by atoms with van der Waals surface area (Å²) in [5.41, 5.74) is 0. The average Bonchev–Trinajstić information content (AvgIpc) is 3.46. The maximum Gasteiger partial charge on any atom is 0.162 e. The second-order valence-electron chi connectivity index (χ2n) is 7.43. The number of thioether (sulfide) groups is 8. The molecule has 8 rings (SSSR count). The summed E-state index contributed by atoms with van der Waals surface area (Å²) in [5.74, 6) is 3.45. The Morgan fingerprint density at radius 3 is 0.853 bits per heavy atom. The van der Waals surface area contributed by atoms with E-state index in [4.69, 9.17) is 18.9 Å². The van der Waals surface area contributed by atoms with Gasteiger partial charge in [-0.1, -0.05) is 94.1 Å². The van der Waals surface area contributed by atoms with E-state index >= 15 is 0 Å². The second-order valence-corrected chi connectivity index (χ2v) is 17.3. The standard InChI is InChI=1S/C22H12O4S8/c1-2-24-10-6-14-13(5-9(10)23-1)27-17-18(28-14)32-21(31-17)22-33-19-20(34-22)30-16-8-12-11(7-15(16)29-19)25-3-4-26-12/h5-8H,1-4H2. The highest BCUT2D eigenvalue weighted by Crippen LogP contribution is 2.71. The molecular weight excluding hydrogens is 585 g/mol. The third-order valence-corrected chi connectivity index (χ3v) is 17.0. The topological polar surface area (TPSA) is 36.9 Å². The molecule has 0 aliphatic carbocycles. The van der Waals surface area contributed by atoms with Crippen LogP contribution in [0.15, 0.2) is 69.3 Å². The first-order valence-corrected chi connectivity index (χ1v) is 16.8. The number of rotatable bonds is 0. The van der Waals surface area contributed by atoms with Crippen LogP contribution in [0.4, 0.5) is 0 Å². The van der Waals surface area contributed by atoms with Crippen LogP contribution in [0.3, 0.4) is 0 Å². The number of ether oxygens (including phenoxy) is 4. The van der Waals surface area contributed by atoms with Gasteiger partial charge >= 0.3 is 0 Å². The van der Waals surface area contributed by atoms with E-state index in [1.807, 2.05) is 94.1 Å². The van der Waals surface area contributed by atoms with Crippen molar-refractivity contribution in [3.05, 3.63) is 49.7 Å². The summed E-state index contributed by atoms with van der Waals surface area (Å²) in [6.45, 7) is 2.47. The monoisotopic (exact) mass is 596 g/mol. The predicted octanol–water partition coefficient (Wildman–Crippen LogP) is 8.66. The largest absolute Gasteiger partial charge is 0.486 e. The molecule has 0 saturated carbocycles. The zero-order valence-corrected chi connectivity index (χ0v) is 23.6. The van der Waals surface area contributed by atoms with Gasteiger partial charge in [0.25, 0.3) is 0 Å². The molecule has 6 aliphatic rings. The summed E-state index contributed by atoms with van der Waals surface area (Å²) in [6, 6.07) is 8.55. The van der Waals surface area contributed by atoms with Crippen molar-refractivity contribution in [3.63, 3.8) is 0 Å². The highest BCUT2D eigenvalue weighted by atomic mass is 32.3. The highest BCUT2D eigenvalue weighted by molar-refractivity contribution is 8.45.